The zero-order chi connectivity index (χ0) is 18.7. The molecule has 0 bridgehead atoms. The number of rotatable bonds is 5. The molecular formula is C16H16FIN4O2S. The van der Waals surface area contributed by atoms with Gasteiger partial charge in [0.25, 0.3) is 0 Å². The zero-order valence-corrected chi connectivity index (χ0v) is 16.8. The average molecular weight is 474 g/mol. The first-order valence-electron chi connectivity index (χ1n) is 7.27. The van der Waals surface area contributed by atoms with Crippen LogP contribution in [0.15, 0.2) is 17.8 Å². The molecule has 9 heteroatoms. The molecule has 0 fully saturated rings. The lowest BCUT2D eigenvalue weighted by Crippen LogP contribution is -2.45. The van der Waals surface area contributed by atoms with E-state index in [4.69, 9.17) is 0 Å². The number of nitrogens with zero attached hydrogens (tertiary/aromatic N) is 3. The van der Waals surface area contributed by atoms with Crippen molar-refractivity contribution in [3.8, 4) is 6.07 Å². The molecular weight excluding hydrogens is 458 g/mol. The molecule has 1 aliphatic rings. The molecule has 2 rings (SSSR count). The number of carbonyl (C=O) groups excluding carboxylic acids is 2. The lowest BCUT2D eigenvalue weighted by molar-refractivity contribution is -0.119. The Bertz CT molecular complexity index is 900. The molecule has 1 aromatic rings. The van der Waals surface area contributed by atoms with Gasteiger partial charge in [-0.25, -0.2) is 4.39 Å². The summed E-state index contributed by atoms with van der Waals surface area (Å²) >= 11 is 2.01. The predicted octanol–water partition coefficient (Wildman–Crippen LogP) is 0.904. The maximum absolute atomic E-state index is 14.3. The minimum atomic E-state index is -1.39. The Morgan fingerprint density at radius 1 is 1.48 bits per heavy atom. The largest absolute Gasteiger partial charge is 0.382 e. The third kappa shape index (κ3) is 4.24. The fraction of sp³-hybridized carbons (Fsp3) is 0.312. The molecule has 0 saturated carbocycles. The van der Waals surface area contributed by atoms with E-state index in [1.54, 1.807) is 35.1 Å². The normalized spacial score (nSPS) is 19.1. The number of carbonyl (C=O) groups is 2. The van der Waals surface area contributed by atoms with Gasteiger partial charge in [0.15, 0.2) is 0 Å². The molecule has 6 nitrogen and oxygen atoms in total. The summed E-state index contributed by atoms with van der Waals surface area (Å²) in [5.41, 5.74) is 0.268. The molecule has 1 heterocycles. The standard InChI is InChI=1S/C16H16FIN4O2S/c1-9(23)20-13-6-14-10(4-12(13)17)5-15(22(14)25-18)16(24)11(7-19)8-21(2)3/h4-6,8,12-13H,1-3H3,(H,20,23)/b11-8+. The molecule has 0 spiro atoms. The van der Waals surface area contributed by atoms with Crippen molar-refractivity contribution >= 4 is 54.2 Å². The molecule has 0 saturated heterocycles. The van der Waals surface area contributed by atoms with Crippen LogP contribution in [0.4, 0.5) is 4.39 Å². The summed E-state index contributed by atoms with van der Waals surface area (Å²) < 4.78 is 15.9. The van der Waals surface area contributed by atoms with E-state index in [2.05, 4.69) is 5.32 Å². The fourth-order valence-corrected chi connectivity index (χ4v) is 4.21. The summed E-state index contributed by atoms with van der Waals surface area (Å²) in [4.78, 5) is 25.6. The smallest absolute Gasteiger partial charge is 0.222 e. The molecule has 1 amide bonds. The van der Waals surface area contributed by atoms with Crippen LogP contribution in [-0.2, 0) is 4.79 Å². The molecule has 0 radical (unpaired) electrons. The van der Waals surface area contributed by atoms with Gasteiger partial charge in [-0.05, 0) is 18.2 Å². The van der Waals surface area contributed by atoms with E-state index in [0.29, 0.717) is 10.6 Å². The van der Waals surface area contributed by atoms with Crippen LogP contribution >= 0.6 is 30.3 Å². The number of fused-ring (bicyclic) bond motifs is 1. The Labute approximate surface area is 160 Å². The summed E-state index contributed by atoms with van der Waals surface area (Å²) in [7, 11) is 4.68. The van der Waals surface area contributed by atoms with E-state index in [0.717, 1.165) is 0 Å². The van der Waals surface area contributed by atoms with Crippen molar-refractivity contribution in [3.05, 3.63) is 34.1 Å². The Morgan fingerprint density at radius 3 is 2.68 bits per heavy atom. The second-order valence-electron chi connectivity index (χ2n) is 5.68. The number of Topliss-reactive ketones (excluding diaryl/α,β-unsaturated/α-hetero) is 1. The third-order valence-corrected chi connectivity index (χ3v) is 5.18. The number of nitrogens with one attached hydrogen (secondary N) is 1. The molecule has 132 valence electrons. The number of nitriles is 1. The van der Waals surface area contributed by atoms with Crippen LogP contribution in [0.25, 0.3) is 12.2 Å². The summed E-state index contributed by atoms with van der Waals surface area (Å²) in [6, 6.07) is 2.67. The second kappa shape index (κ2) is 8.05. The highest BCUT2D eigenvalue weighted by atomic mass is 127. The average Bonchev–Trinajstić information content (AvgIpc) is 2.88. The first-order valence-corrected chi connectivity index (χ1v) is 10.6. The van der Waals surface area contributed by atoms with Crippen LogP contribution in [0.1, 0.15) is 17.4 Å². The highest BCUT2D eigenvalue weighted by molar-refractivity contribution is 14.2. The van der Waals surface area contributed by atoms with Gasteiger partial charge < -0.3 is 10.2 Å². The highest BCUT2D eigenvalue weighted by Crippen LogP contribution is 2.19. The Balaban J connectivity index is 2.59. The SMILES string of the molecule is CC(=O)NC1C=c2c(cc(C(=O)/C(C#N)=C/N(C)C)n2SI)=CC1F. The maximum Gasteiger partial charge on any atom is 0.222 e. The van der Waals surface area contributed by atoms with Crippen molar-refractivity contribution in [1.29, 1.82) is 5.26 Å². The minimum absolute atomic E-state index is 0.0123. The van der Waals surface area contributed by atoms with Crippen molar-refractivity contribution in [2.45, 2.75) is 19.1 Å². The lowest BCUT2D eigenvalue weighted by atomic mass is 10.1. The molecule has 1 aromatic heterocycles. The van der Waals surface area contributed by atoms with Crippen molar-refractivity contribution in [2.24, 2.45) is 0 Å². The van der Waals surface area contributed by atoms with Gasteiger partial charge in [0, 0.05) is 62.8 Å². The number of amides is 1. The number of alkyl halides is 1. The van der Waals surface area contributed by atoms with Gasteiger partial charge >= 0.3 is 0 Å². The molecule has 2 unspecified atom stereocenters. The van der Waals surface area contributed by atoms with Crippen LogP contribution in [0.2, 0.25) is 0 Å². The van der Waals surface area contributed by atoms with Gasteiger partial charge in [-0.2, -0.15) is 5.26 Å². The maximum atomic E-state index is 14.3. The van der Waals surface area contributed by atoms with Crippen molar-refractivity contribution in [1.82, 2.24) is 14.2 Å². The van der Waals surface area contributed by atoms with E-state index in [-0.39, 0.29) is 17.2 Å². The molecule has 2 atom stereocenters. The van der Waals surface area contributed by atoms with E-state index in [1.165, 1.54) is 28.3 Å². The topological polar surface area (TPSA) is 78.1 Å². The second-order valence-corrected chi connectivity index (χ2v) is 7.37. The molecule has 0 aliphatic heterocycles. The summed E-state index contributed by atoms with van der Waals surface area (Å²) in [6.45, 7) is 1.32. The number of hydrogen-bond acceptors (Lipinski definition) is 5. The number of halogens is 2. The Morgan fingerprint density at radius 2 is 2.16 bits per heavy atom. The Kier molecular flexibility index (Phi) is 6.29. The summed E-state index contributed by atoms with van der Waals surface area (Å²) in [5, 5.41) is 13.0. The number of hydrogen-bond donors (Lipinski definition) is 1. The van der Waals surface area contributed by atoms with Crippen molar-refractivity contribution in [3.63, 3.8) is 0 Å². The fourth-order valence-electron chi connectivity index (χ4n) is 2.48. The monoisotopic (exact) mass is 474 g/mol. The molecule has 25 heavy (non-hydrogen) atoms. The van der Waals surface area contributed by atoms with Gasteiger partial charge in [0.2, 0.25) is 11.7 Å². The van der Waals surface area contributed by atoms with E-state index in [9.17, 15) is 19.2 Å². The van der Waals surface area contributed by atoms with E-state index in [1.807, 2.05) is 27.3 Å². The summed E-state index contributed by atoms with van der Waals surface area (Å²) in [5.74, 6) is -0.777. The van der Waals surface area contributed by atoms with Crippen LogP contribution in [0.5, 0.6) is 0 Å². The lowest BCUT2D eigenvalue weighted by Gasteiger charge is -2.18. The summed E-state index contributed by atoms with van der Waals surface area (Å²) in [6.07, 6.45) is 3.02. The molecule has 1 N–H and O–H groups in total. The van der Waals surface area contributed by atoms with Crippen molar-refractivity contribution in [2.75, 3.05) is 14.1 Å². The van der Waals surface area contributed by atoms with Gasteiger partial charge in [0.05, 0.1) is 11.4 Å². The van der Waals surface area contributed by atoms with Crippen LogP contribution in [-0.4, -0.2) is 46.9 Å². The highest BCUT2D eigenvalue weighted by Gasteiger charge is 2.25. The zero-order valence-electron chi connectivity index (χ0n) is 13.8. The van der Waals surface area contributed by atoms with Gasteiger partial charge in [0.1, 0.15) is 23.5 Å². The van der Waals surface area contributed by atoms with Crippen molar-refractivity contribution < 1.29 is 14.0 Å². The van der Waals surface area contributed by atoms with Gasteiger partial charge in [-0.15, -0.1) is 0 Å². The van der Waals surface area contributed by atoms with Crippen LogP contribution in [0.3, 0.4) is 0 Å². The van der Waals surface area contributed by atoms with E-state index >= 15 is 0 Å². The minimum Gasteiger partial charge on any atom is -0.382 e. The van der Waals surface area contributed by atoms with Gasteiger partial charge in [-0.3, -0.25) is 13.6 Å². The number of allylic oxidation sites excluding steroid dienone is 1. The third-order valence-electron chi connectivity index (χ3n) is 3.47. The predicted molar refractivity (Wildman–Crippen MR) is 104 cm³/mol. The number of aromatic nitrogens is 1. The Hall–Kier alpha value is -1.80. The first kappa shape index (κ1) is 19.5. The number of ketones is 1. The van der Waals surface area contributed by atoms with Gasteiger partial charge in [-0.1, -0.05) is 0 Å². The molecule has 0 aromatic carbocycles. The quantitative estimate of drug-likeness (QED) is 0.297. The molecule has 1 aliphatic carbocycles. The van der Waals surface area contributed by atoms with E-state index < -0.39 is 18.0 Å². The van der Waals surface area contributed by atoms with Crippen LogP contribution < -0.4 is 15.9 Å². The first-order chi connectivity index (χ1) is 11.8. The van der Waals surface area contributed by atoms with Crippen LogP contribution in [0, 0.1) is 11.3 Å².